The minimum atomic E-state index is -1.48. The van der Waals surface area contributed by atoms with Crippen molar-refractivity contribution in [2.45, 2.75) is 22.8 Å². The number of hydrogen-bond acceptors (Lipinski definition) is 5. The number of aromatic nitrogens is 1. The van der Waals surface area contributed by atoms with Gasteiger partial charge in [-0.25, -0.2) is 4.98 Å². The Kier molecular flexibility index (Phi) is 7.92. The number of anilines is 1. The number of ether oxygens (including phenoxy) is 1. The number of methoxy groups -OCH3 is 1. The first kappa shape index (κ1) is 23.1. The van der Waals surface area contributed by atoms with Gasteiger partial charge in [0.1, 0.15) is 0 Å². The van der Waals surface area contributed by atoms with E-state index in [1.165, 1.54) is 19.4 Å². The summed E-state index contributed by atoms with van der Waals surface area (Å²) in [4.78, 5) is 28.4. The fourth-order valence-electron chi connectivity index (χ4n) is 2.65. The Morgan fingerprint density at radius 1 is 1.06 bits per heavy atom. The van der Waals surface area contributed by atoms with Gasteiger partial charge < -0.3 is 14.6 Å². The molecule has 31 heavy (non-hydrogen) atoms. The molecule has 0 spiro atoms. The van der Waals surface area contributed by atoms with Crippen LogP contribution in [0.15, 0.2) is 70.7 Å². The summed E-state index contributed by atoms with van der Waals surface area (Å²) in [5.41, 5.74) is 1.75. The van der Waals surface area contributed by atoms with Crippen molar-refractivity contribution < 1.29 is 18.9 Å². The van der Waals surface area contributed by atoms with Gasteiger partial charge in [-0.05, 0) is 48.4 Å². The van der Waals surface area contributed by atoms with Crippen molar-refractivity contribution in [1.82, 2.24) is 4.98 Å². The van der Waals surface area contributed by atoms with Crippen LogP contribution in [0.2, 0.25) is 10.0 Å². The smallest absolute Gasteiger partial charge is 0.305 e. The van der Waals surface area contributed by atoms with Gasteiger partial charge in [-0.2, -0.15) is 0 Å². The third kappa shape index (κ3) is 6.21. The van der Waals surface area contributed by atoms with Gasteiger partial charge >= 0.3 is 5.97 Å². The first-order valence-electron chi connectivity index (χ1n) is 9.17. The van der Waals surface area contributed by atoms with Crippen LogP contribution >= 0.6 is 23.2 Å². The zero-order valence-corrected chi connectivity index (χ0v) is 18.8. The van der Waals surface area contributed by atoms with Gasteiger partial charge in [0.25, 0.3) is 5.91 Å². The fourth-order valence-corrected chi connectivity index (χ4v) is 3.92. The van der Waals surface area contributed by atoms with Crippen LogP contribution in [0, 0.1) is 0 Å². The van der Waals surface area contributed by atoms with Crippen molar-refractivity contribution in [2.24, 2.45) is 0 Å². The van der Waals surface area contributed by atoms with Crippen molar-refractivity contribution >= 4 is 51.9 Å². The second kappa shape index (κ2) is 10.6. The van der Waals surface area contributed by atoms with Crippen LogP contribution in [0.4, 0.5) is 5.69 Å². The van der Waals surface area contributed by atoms with E-state index in [1.807, 2.05) is 12.1 Å². The van der Waals surface area contributed by atoms with Gasteiger partial charge in [0.15, 0.2) is 4.90 Å². The number of benzene rings is 2. The van der Waals surface area contributed by atoms with E-state index in [2.05, 4.69) is 15.0 Å². The van der Waals surface area contributed by atoms with Crippen molar-refractivity contribution in [3.8, 4) is 0 Å². The first-order valence-corrected chi connectivity index (χ1v) is 11.1. The molecule has 1 amide bonds. The van der Waals surface area contributed by atoms with E-state index in [0.29, 0.717) is 32.6 Å². The largest absolute Gasteiger partial charge is 0.605 e. The van der Waals surface area contributed by atoms with Crippen LogP contribution in [0.5, 0.6) is 0 Å². The molecule has 0 saturated heterocycles. The lowest BCUT2D eigenvalue weighted by molar-refractivity contribution is -0.140. The maximum Gasteiger partial charge on any atom is 0.305 e. The number of amides is 1. The minimum absolute atomic E-state index is 0.275. The Labute approximate surface area is 192 Å². The maximum atomic E-state index is 12.8. The summed E-state index contributed by atoms with van der Waals surface area (Å²) in [5.74, 6) is -0.639. The lowest BCUT2D eigenvalue weighted by Crippen LogP contribution is -2.12. The Morgan fingerprint density at radius 3 is 2.42 bits per heavy atom. The predicted octanol–water partition coefficient (Wildman–Crippen LogP) is 4.91. The molecule has 0 aliphatic heterocycles. The molecule has 0 fully saturated rings. The van der Waals surface area contributed by atoms with Crippen LogP contribution < -0.4 is 5.32 Å². The second-order valence-corrected chi connectivity index (χ2v) is 8.70. The quantitative estimate of drug-likeness (QED) is 0.386. The van der Waals surface area contributed by atoms with E-state index in [9.17, 15) is 14.1 Å². The van der Waals surface area contributed by atoms with Crippen LogP contribution in [-0.4, -0.2) is 28.5 Å². The van der Waals surface area contributed by atoms with E-state index < -0.39 is 11.2 Å². The number of esters is 1. The SMILES string of the molecule is COC(=O)CCc1ccc([S+]([O-])c2ccc(NC(=O)c3ccc(Cl)c(Cl)c3)cn2)cc1. The molecule has 0 radical (unpaired) electrons. The van der Waals surface area contributed by atoms with E-state index in [4.69, 9.17) is 23.2 Å². The average Bonchev–Trinajstić information content (AvgIpc) is 2.79. The van der Waals surface area contributed by atoms with Crippen molar-refractivity contribution in [1.29, 1.82) is 0 Å². The Bertz CT molecular complexity index is 1080. The zero-order chi connectivity index (χ0) is 22.4. The molecule has 0 bridgehead atoms. The van der Waals surface area contributed by atoms with Gasteiger partial charge in [0.2, 0.25) is 5.03 Å². The highest BCUT2D eigenvalue weighted by molar-refractivity contribution is 7.91. The number of nitrogens with zero attached hydrogens (tertiary/aromatic N) is 1. The summed E-state index contributed by atoms with van der Waals surface area (Å²) in [7, 11) is 1.35. The molecule has 0 saturated carbocycles. The lowest BCUT2D eigenvalue weighted by atomic mass is 10.1. The van der Waals surface area contributed by atoms with Gasteiger partial charge in [0.05, 0.1) is 29.0 Å². The van der Waals surface area contributed by atoms with E-state index >= 15 is 0 Å². The molecule has 3 rings (SSSR count). The average molecular weight is 477 g/mol. The Morgan fingerprint density at radius 2 is 1.81 bits per heavy atom. The van der Waals surface area contributed by atoms with Crippen molar-refractivity contribution in [2.75, 3.05) is 12.4 Å². The maximum absolute atomic E-state index is 12.8. The molecule has 1 atom stereocenters. The molecular weight excluding hydrogens is 459 g/mol. The molecule has 1 unspecified atom stereocenters. The summed E-state index contributed by atoms with van der Waals surface area (Å²) in [6.45, 7) is 0. The van der Waals surface area contributed by atoms with E-state index in [-0.39, 0.29) is 23.3 Å². The molecule has 0 aliphatic rings. The third-order valence-corrected chi connectivity index (χ3v) is 6.41. The highest BCUT2D eigenvalue weighted by atomic mass is 35.5. The summed E-state index contributed by atoms with van der Waals surface area (Å²) in [5, 5.41) is 3.71. The van der Waals surface area contributed by atoms with Crippen molar-refractivity contribution in [3.63, 3.8) is 0 Å². The number of carbonyl (C=O) groups excluding carboxylic acids is 2. The van der Waals surface area contributed by atoms with Crippen LogP contribution in [0.1, 0.15) is 22.3 Å². The predicted molar refractivity (Wildman–Crippen MR) is 120 cm³/mol. The van der Waals surface area contributed by atoms with E-state index in [1.54, 1.807) is 36.4 Å². The second-order valence-electron chi connectivity index (χ2n) is 6.46. The van der Waals surface area contributed by atoms with Gasteiger partial charge in [-0.15, -0.1) is 0 Å². The molecule has 6 nitrogen and oxygen atoms in total. The van der Waals surface area contributed by atoms with E-state index in [0.717, 1.165) is 5.56 Å². The fraction of sp³-hybridized carbons (Fsp3) is 0.136. The summed E-state index contributed by atoms with van der Waals surface area (Å²) in [6, 6.07) is 14.9. The van der Waals surface area contributed by atoms with Crippen LogP contribution in [-0.2, 0) is 27.1 Å². The molecule has 2 aromatic carbocycles. The summed E-state index contributed by atoms with van der Waals surface area (Å²) < 4.78 is 17.4. The molecule has 1 N–H and O–H groups in total. The highest BCUT2D eigenvalue weighted by Crippen LogP contribution is 2.24. The number of nitrogens with one attached hydrogen (secondary N) is 1. The molecule has 3 aromatic rings. The number of pyridine rings is 1. The lowest BCUT2D eigenvalue weighted by Gasteiger charge is -2.10. The summed E-state index contributed by atoms with van der Waals surface area (Å²) >= 11 is 10.3. The summed E-state index contributed by atoms with van der Waals surface area (Å²) in [6.07, 6.45) is 2.27. The number of carbonyl (C=O) groups is 2. The van der Waals surface area contributed by atoms with Gasteiger partial charge in [0, 0.05) is 29.2 Å². The van der Waals surface area contributed by atoms with Crippen LogP contribution in [0.25, 0.3) is 0 Å². The topological polar surface area (TPSA) is 91.4 Å². The number of rotatable bonds is 7. The Balaban J connectivity index is 1.63. The number of hydrogen-bond donors (Lipinski definition) is 1. The molecule has 160 valence electrons. The number of halogens is 2. The third-order valence-electron chi connectivity index (χ3n) is 4.35. The molecular formula is C22H18Cl2N2O4S. The van der Waals surface area contributed by atoms with Crippen LogP contribution in [0.3, 0.4) is 0 Å². The molecule has 0 aliphatic carbocycles. The highest BCUT2D eigenvalue weighted by Gasteiger charge is 2.17. The number of aryl methyl sites for hydroxylation is 1. The van der Waals surface area contributed by atoms with Gasteiger partial charge in [-0.3, -0.25) is 9.59 Å². The molecule has 1 aromatic heterocycles. The zero-order valence-electron chi connectivity index (χ0n) is 16.4. The standard InChI is InChI=1S/C22H18Cl2N2O4S/c1-30-21(27)11-4-14-2-7-17(8-3-14)31(29)20-10-6-16(13-25-20)26-22(28)15-5-9-18(23)19(24)12-15/h2-3,5-10,12-13H,4,11H2,1H3,(H,26,28). The van der Waals surface area contributed by atoms with Gasteiger partial charge in [-0.1, -0.05) is 35.3 Å². The Hall–Kier alpha value is -2.58. The molecule has 1 heterocycles. The minimum Gasteiger partial charge on any atom is -0.605 e. The monoisotopic (exact) mass is 476 g/mol. The normalized spacial score (nSPS) is 11.6. The molecule has 9 heteroatoms. The van der Waals surface area contributed by atoms with Crippen molar-refractivity contribution in [3.05, 3.63) is 82.0 Å². The first-order chi connectivity index (χ1) is 14.9.